The summed E-state index contributed by atoms with van der Waals surface area (Å²) >= 11 is 1.82. The van der Waals surface area contributed by atoms with Crippen molar-refractivity contribution in [2.45, 2.75) is 76.5 Å². The first-order valence-corrected chi connectivity index (χ1v) is 8.71. The largest absolute Gasteiger partial charge is 0.311 e. The van der Waals surface area contributed by atoms with Crippen LogP contribution in [0.25, 0.3) is 0 Å². The Morgan fingerprint density at radius 1 is 1.30 bits per heavy atom. The van der Waals surface area contributed by atoms with Gasteiger partial charge in [-0.3, -0.25) is 4.90 Å². The Balaban J connectivity index is 1.61. The zero-order valence-electron chi connectivity index (χ0n) is 13.1. The van der Waals surface area contributed by atoms with Gasteiger partial charge >= 0.3 is 0 Å². The summed E-state index contributed by atoms with van der Waals surface area (Å²) in [5.74, 6) is 0. The molecule has 20 heavy (non-hydrogen) atoms. The van der Waals surface area contributed by atoms with E-state index in [1.165, 1.54) is 36.4 Å². The van der Waals surface area contributed by atoms with Crippen LogP contribution >= 0.6 is 11.3 Å². The number of thiazole rings is 1. The molecule has 0 saturated carbocycles. The van der Waals surface area contributed by atoms with E-state index in [1.54, 1.807) is 0 Å². The van der Waals surface area contributed by atoms with Crippen LogP contribution in [0.2, 0.25) is 0 Å². The first kappa shape index (κ1) is 14.5. The highest BCUT2D eigenvalue weighted by Gasteiger charge is 2.35. The van der Waals surface area contributed by atoms with Crippen molar-refractivity contribution in [3.63, 3.8) is 0 Å². The van der Waals surface area contributed by atoms with Crippen molar-refractivity contribution in [2.75, 3.05) is 7.05 Å². The van der Waals surface area contributed by atoms with Crippen molar-refractivity contribution in [2.24, 2.45) is 0 Å². The second-order valence-corrected chi connectivity index (χ2v) is 8.50. The van der Waals surface area contributed by atoms with Crippen molar-refractivity contribution in [3.05, 3.63) is 16.1 Å². The van der Waals surface area contributed by atoms with Gasteiger partial charge < -0.3 is 5.32 Å². The van der Waals surface area contributed by atoms with Crippen LogP contribution in [0.3, 0.4) is 0 Å². The van der Waals surface area contributed by atoms with E-state index in [0.29, 0.717) is 0 Å². The molecule has 2 bridgehead atoms. The molecule has 3 heterocycles. The number of piperidine rings is 1. The lowest BCUT2D eigenvalue weighted by Gasteiger charge is -2.35. The molecular weight excluding hydrogens is 266 g/mol. The number of rotatable bonds is 3. The van der Waals surface area contributed by atoms with Crippen LogP contribution in [0.15, 0.2) is 5.38 Å². The second-order valence-electron chi connectivity index (χ2n) is 7.55. The smallest absolute Gasteiger partial charge is 0.107 e. The fourth-order valence-corrected chi connectivity index (χ4v) is 4.54. The molecule has 112 valence electrons. The van der Waals surface area contributed by atoms with E-state index in [9.17, 15) is 0 Å². The van der Waals surface area contributed by atoms with Crippen molar-refractivity contribution in [1.82, 2.24) is 15.2 Å². The van der Waals surface area contributed by atoms with Gasteiger partial charge in [-0.25, -0.2) is 4.98 Å². The Labute approximate surface area is 126 Å². The Morgan fingerprint density at radius 2 is 1.95 bits per heavy atom. The number of hydrogen-bond acceptors (Lipinski definition) is 4. The molecule has 0 aromatic carbocycles. The SMILES string of the molecule is CN(Cc1nc(C(C)(C)C)cs1)C1CC2CCC(C1)N2. The maximum absolute atomic E-state index is 4.83. The zero-order chi connectivity index (χ0) is 14.3. The molecule has 3 rings (SSSR count). The van der Waals surface area contributed by atoms with Crippen LogP contribution in [-0.2, 0) is 12.0 Å². The Hall–Kier alpha value is -0.450. The van der Waals surface area contributed by atoms with Crippen LogP contribution in [-0.4, -0.2) is 35.1 Å². The van der Waals surface area contributed by atoms with Crippen LogP contribution < -0.4 is 5.32 Å². The van der Waals surface area contributed by atoms with Gasteiger partial charge in [-0.2, -0.15) is 0 Å². The lowest BCUT2D eigenvalue weighted by Crippen LogP contribution is -2.46. The molecule has 1 aromatic heterocycles. The summed E-state index contributed by atoms with van der Waals surface area (Å²) < 4.78 is 0. The summed E-state index contributed by atoms with van der Waals surface area (Å²) in [6.45, 7) is 7.71. The highest BCUT2D eigenvalue weighted by Crippen LogP contribution is 2.30. The molecule has 0 radical (unpaired) electrons. The first-order valence-electron chi connectivity index (χ1n) is 7.83. The number of fused-ring (bicyclic) bond motifs is 2. The fraction of sp³-hybridized carbons (Fsp3) is 0.812. The first-order chi connectivity index (χ1) is 9.41. The molecule has 2 saturated heterocycles. The second kappa shape index (κ2) is 5.39. The van der Waals surface area contributed by atoms with Crippen molar-refractivity contribution in [1.29, 1.82) is 0 Å². The minimum absolute atomic E-state index is 0.168. The van der Waals surface area contributed by atoms with Gasteiger partial charge in [0.2, 0.25) is 0 Å². The van der Waals surface area contributed by atoms with Crippen molar-refractivity contribution in [3.8, 4) is 0 Å². The summed E-state index contributed by atoms with van der Waals surface area (Å²) in [5.41, 5.74) is 1.40. The van der Waals surface area contributed by atoms with Gasteiger partial charge in [0.15, 0.2) is 0 Å². The maximum atomic E-state index is 4.83. The van der Waals surface area contributed by atoms with Gasteiger partial charge in [-0.1, -0.05) is 20.8 Å². The van der Waals surface area contributed by atoms with Crippen LogP contribution in [0.4, 0.5) is 0 Å². The molecule has 2 aliphatic heterocycles. The predicted octanol–water partition coefficient (Wildman–Crippen LogP) is 3.16. The molecule has 1 N–H and O–H groups in total. The number of nitrogens with one attached hydrogen (secondary N) is 1. The summed E-state index contributed by atoms with van der Waals surface area (Å²) in [6.07, 6.45) is 5.37. The van der Waals surface area contributed by atoms with Gasteiger partial charge in [0.25, 0.3) is 0 Å². The van der Waals surface area contributed by atoms with Crippen LogP contribution in [0.1, 0.15) is 57.2 Å². The summed E-state index contributed by atoms with van der Waals surface area (Å²) in [4.78, 5) is 7.36. The van der Waals surface area contributed by atoms with E-state index in [1.807, 2.05) is 11.3 Å². The van der Waals surface area contributed by atoms with E-state index in [0.717, 1.165) is 24.7 Å². The maximum Gasteiger partial charge on any atom is 0.107 e. The van der Waals surface area contributed by atoms with E-state index in [2.05, 4.69) is 43.4 Å². The zero-order valence-corrected chi connectivity index (χ0v) is 14.0. The normalized spacial score (nSPS) is 30.1. The molecule has 0 spiro atoms. The predicted molar refractivity (Wildman–Crippen MR) is 85.2 cm³/mol. The van der Waals surface area contributed by atoms with E-state index >= 15 is 0 Å². The fourth-order valence-electron chi connectivity index (χ4n) is 3.46. The van der Waals surface area contributed by atoms with Crippen LogP contribution in [0.5, 0.6) is 0 Å². The molecule has 0 aliphatic carbocycles. The number of aromatic nitrogens is 1. The highest BCUT2D eigenvalue weighted by molar-refractivity contribution is 7.09. The topological polar surface area (TPSA) is 28.2 Å². The Morgan fingerprint density at radius 3 is 2.50 bits per heavy atom. The third-order valence-electron chi connectivity index (χ3n) is 4.78. The summed E-state index contributed by atoms with van der Waals surface area (Å²) in [5, 5.41) is 7.22. The van der Waals surface area contributed by atoms with Gasteiger partial charge in [-0.15, -0.1) is 11.3 Å². The number of nitrogens with zero attached hydrogens (tertiary/aromatic N) is 2. The minimum Gasteiger partial charge on any atom is -0.311 e. The molecule has 2 unspecified atom stereocenters. The van der Waals surface area contributed by atoms with Crippen molar-refractivity contribution < 1.29 is 0 Å². The molecule has 3 nitrogen and oxygen atoms in total. The highest BCUT2D eigenvalue weighted by atomic mass is 32.1. The standard InChI is InChI=1S/C16H27N3S/c1-16(2,3)14-10-20-15(18-14)9-19(4)13-7-11-5-6-12(8-13)17-11/h10-13,17H,5-9H2,1-4H3. The van der Waals surface area contributed by atoms with Gasteiger partial charge in [0.1, 0.15) is 5.01 Å². The lowest BCUT2D eigenvalue weighted by molar-refractivity contribution is 0.165. The average Bonchev–Trinajstić information content (AvgIpc) is 2.96. The van der Waals surface area contributed by atoms with Crippen LogP contribution in [0, 0.1) is 0 Å². The third kappa shape index (κ3) is 3.07. The molecule has 2 fully saturated rings. The average molecular weight is 293 g/mol. The number of hydrogen-bond donors (Lipinski definition) is 1. The Kier molecular flexibility index (Phi) is 3.91. The molecule has 0 amide bonds. The minimum atomic E-state index is 0.168. The quantitative estimate of drug-likeness (QED) is 0.928. The van der Waals surface area contributed by atoms with E-state index in [-0.39, 0.29) is 5.41 Å². The van der Waals surface area contributed by atoms with Crippen molar-refractivity contribution >= 4 is 11.3 Å². The van der Waals surface area contributed by atoms with E-state index < -0.39 is 0 Å². The van der Waals surface area contributed by atoms with Gasteiger partial charge in [0, 0.05) is 28.9 Å². The molecule has 2 atom stereocenters. The molecule has 1 aromatic rings. The van der Waals surface area contributed by atoms with E-state index in [4.69, 9.17) is 4.98 Å². The Bertz CT molecular complexity index is 451. The third-order valence-corrected chi connectivity index (χ3v) is 5.61. The molecule has 2 aliphatic rings. The summed E-state index contributed by atoms with van der Waals surface area (Å²) in [6, 6.07) is 2.26. The molecule has 4 heteroatoms. The summed E-state index contributed by atoms with van der Waals surface area (Å²) in [7, 11) is 2.27. The lowest BCUT2D eigenvalue weighted by atomic mass is 9.93. The molecular formula is C16H27N3S. The van der Waals surface area contributed by atoms with Gasteiger partial charge in [0.05, 0.1) is 12.2 Å². The monoisotopic (exact) mass is 293 g/mol. The van der Waals surface area contributed by atoms with Gasteiger partial charge in [-0.05, 0) is 32.7 Å².